The minimum absolute atomic E-state index is 0.0969. The first kappa shape index (κ1) is 24.0. The van der Waals surface area contributed by atoms with E-state index in [4.69, 9.17) is 0 Å². The van der Waals surface area contributed by atoms with Gasteiger partial charge in [-0.05, 0) is 36.0 Å². The van der Waals surface area contributed by atoms with Crippen LogP contribution in [0.3, 0.4) is 0 Å². The van der Waals surface area contributed by atoms with E-state index < -0.39 is 0 Å². The third kappa shape index (κ3) is 8.61. The van der Waals surface area contributed by atoms with E-state index in [9.17, 15) is 10.1 Å². The third-order valence-electron chi connectivity index (χ3n) is 5.94. The van der Waals surface area contributed by atoms with Crippen molar-refractivity contribution in [2.24, 2.45) is 0 Å². The second-order valence-corrected chi connectivity index (χ2v) is 9.57. The highest BCUT2D eigenvalue weighted by Crippen LogP contribution is 2.23. The van der Waals surface area contributed by atoms with Crippen molar-refractivity contribution in [3.63, 3.8) is 0 Å². The molecule has 30 heavy (non-hydrogen) atoms. The van der Waals surface area contributed by atoms with Gasteiger partial charge in [-0.25, -0.2) is 0 Å². The van der Waals surface area contributed by atoms with Crippen LogP contribution < -0.4 is 10.6 Å². The molecule has 1 aromatic rings. The maximum atomic E-state index is 12.7. The number of benzene rings is 1. The van der Waals surface area contributed by atoms with Gasteiger partial charge < -0.3 is 10.6 Å². The van der Waals surface area contributed by atoms with Crippen molar-refractivity contribution in [1.82, 2.24) is 5.32 Å². The Morgan fingerprint density at radius 2 is 1.43 bits per heavy atom. The van der Waals surface area contributed by atoms with Crippen molar-refractivity contribution in [2.45, 2.75) is 103 Å². The first-order valence-electron chi connectivity index (χ1n) is 11.7. The minimum atomic E-state index is -0.270. The summed E-state index contributed by atoms with van der Waals surface area (Å²) in [6, 6.07) is 10.3. The Labute approximate surface area is 183 Å². The highest BCUT2D eigenvalue weighted by atomic mass is 16.1. The lowest BCUT2D eigenvalue weighted by atomic mass is 9.87. The first-order chi connectivity index (χ1) is 14.4. The van der Waals surface area contributed by atoms with Gasteiger partial charge in [0.1, 0.15) is 11.6 Å². The van der Waals surface area contributed by atoms with Gasteiger partial charge in [-0.15, -0.1) is 0 Å². The molecule has 0 aliphatic heterocycles. The Balaban J connectivity index is 1.93. The average molecular weight is 410 g/mol. The number of carbonyl (C=O) groups is 1. The topological polar surface area (TPSA) is 64.9 Å². The van der Waals surface area contributed by atoms with Crippen LogP contribution in [0.15, 0.2) is 36.0 Å². The van der Waals surface area contributed by atoms with Crippen LogP contribution in [-0.2, 0) is 10.2 Å². The molecule has 0 heterocycles. The van der Waals surface area contributed by atoms with Gasteiger partial charge in [0.05, 0.1) is 0 Å². The smallest absolute Gasteiger partial charge is 0.263 e. The zero-order valence-corrected chi connectivity index (χ0v) is 19.1. The molecule has 4 nitrogen and oxygen atoms in total. The van der Waals surface area contributed by atoms with E-state index in [2.05, 4.69) is 49.6 Å². The van der Waals surface area contributed by atoms with E-state index in [0.29, 0.717) is 0 Å². The van der Waals surface area contributed by atoms with E-state index >= 15 is 0 Å². The van der Waals surface area contributed by atoms with Crippen molar-refractivity contribution < 1.29 is 4.79 Å². The van der Waals surface area contributed by atoms with Crippen LogP contribution >= 0.6 is 0 Å². The molecule has 1 aliphatic carbocycles. The lowest BCUT2D eigenvalue weighted by molar-refractivity contribution is -0.117. The molecule has 4 heteroatoms. The monoisotopic (exact) mass is 409 g/mol. The molecule has 1 saturated carbocycles. The Morgan fingerprint density at radius 3 is 1.90 bits per heavy atom. The molecular weight excluding hydrogens is 370 g/mol. The highest BCUT2D eigenvalue weighted by Gasteiger charge is 2.16. The first-order valence-corrected chi connectivity index (χ1v) is 11.7. The molecule has 0 saturated heterocycles. The molecule has 0 unspecified atom stereocenters. The van der Waals surface area contributed by atoms with Crippen LogP contribution in [0, 0.1) is 11.3 Å². The van der Waals surface area contributed by atoms with Crippen LogP contribution in [0.2, 0.25) is 0 Å². The minimum Gasteiger partial charge on any atom is -0.360 e. The van der Waals surface area contributed by atoms with E-state index in [0.717, 1.165) is 31.4 Å². The second kappa shape index (κ2) is 12.4. The maximum absolute atomic E-state index is 12.7. The third-order valence-corrected chi connectivity index (χ3v) is 5.94. The van der Waals surface area contributed by atoms with Crippen LogP contribution in [-0.4, -0.2) is 11.9 Å². The van der Waals surface area contributed by atoms with E-state index in [1.807, 2.05) is 12.1 Å². The molecule has 0 radical (unpaired) electrons. The molecule has 0 atom stereocenters. The van der Waals surface area contributed by atoms with Gasteiger partial charge in [-0.1, -0.05) is 90.7 Å². The summed E-state index contributed by atoms with van der Waals surface area (Å²) in [5.41, 5.74) is 2.34. The largest absolute Gasteiger partial charge is 0.360 e. The Hall–Kier alpha value is -2.28. The SMILES string of the molecule is CC(C)(C)c1ccc(N/C=C(/C#N)C(=O)NC2CCCCCCCCCCC2)cc1. The quantitative estimate of drug-likeness (QED) is 0.435. The van der Waals surface area contributed by atoms with Gasteiger partial charge in [0.15, 0.2) is 0 Å². The summed E-state index contributed by atoms with van der Waals surface area (Å²) in [4.78, 5) is 12.7. The van der Waals surface area contributed by atoms with E-state index in [1.54, 1.807) is 0 Å². The molecule has 164 valence electrons. The fourth-order valence-electron chi connectivity index (χ4n) is 3.94. The predicted molar refractivity (Wildman–Crippen MR) is 125 cm³/mol. The van der Waals surface area contributed by atoms with Gasteiger partial charge in [-0.3, -0.25) is 4.79 Å². The molecule has 1 aromatic carbocycles. The summed E-state index contributed by atoms with van der Waals surface area (Å²) in [6.07, 6.45) is 14.9. The molecule has 1 fully saturated rings. The Kier molecular flexibility index (Phi) is 9.94. The van der Waals surface area contributed by atoms with E-state index in [-0.39, 0.29) is 22.9 Å². The number of hydrogen-bond acceptors (Lipinski definition) is 3. The maximum Gasteiger partial charge on any atom is 0.263 e. The summed E-state index contributed by atoms with van der Waals surface area (Å²) < 4.78 is 0. The second-order valence-electron chi connectivity index (χ2n) is 9.57. The molecule has 0 aromatic heterocycles. The molecule has 2 rings (SSSR count). The number of nitrogens with one attached hydrogen (secondary N) is 2. The molecular formula is C26H39N3O. The molecule has 1 amide bonds. The van der Waals surface area contributed by atoms with Crippen molar-refractivity contribution >= 4 is 11.6 Å². The fraction of sp³-hybridized carbons (Fsp3) is 0.615. The summed E-state index contributed by atoms with van der Waals surface area (Å²) >= 11 is 0. The van der Waals surface area contributed by atoms with Crippen LogP contribution in [0.4, 0.5) is 5.69 Å². The molecule has 1 aliphatic rings. The van der Waals surface area contributed by atoms with E-state index in [1.165, 1.54) is 56.7 Å². The predicted octanol–water partition coefficient (Wildman–Crippen LogP) is 6.59. The molecule has 0 bridgehead atoms. The van der Waals surface area contributed by atoms with Crippen LogP contribution in [0.1, 0.15) is 97.0 Å². The lowest BCUT2D eigenvalue weighted by Gasteiger charge is -2.20. The van der Waals surface area contributed by atoms with Gasteiger partial charge in [-0.2, -0.15) is 5.26 Å². The summed E-state index contributed by atoms with van der Waals surface area (Å²) in [5, 5.41) is 15.7. The van der Waals surface area contributed by atoms with Crippen molar-refractivity contribution in [1.29, 1.82) is 5.26 Å². The number of amides is 1. The number of anilines is 1. The zero-order chi connectivity index (χ0) is 21.8. The van der Waals surface area contributed by atoms with Gasteiger partial charge in [0, 0.05) is 17.9 Å². The number of nitriles is 1. The average Bonchev–Trinajstić information content (AvgIpc) is 2.70. The van der Waals surface area contributed by atoms with Crippen molar-refractivity contribution in [2.75, 3.05) is 5.32 Å². The number of hydrogen-bond donors (Lipinski definition) is 2. The summed E-state index contributed by atoms with van der Waals surface area (Å²) in [5.74, 6) is -0.270. The van der Waals surface area contributed by atoms with Crippen molar-refractivity contribution in [3.8, 4) is 6.07 Å². The summed E-state index contributed by atoms with van der Waals surface area (Å²) in [7, 11) is 0. The Bertz CT molecular complexity index is 710. The lowest BCUT2D eigenvalue weighted by Crippen LogP contribution is -2.35. The summed E-state index contributed by atoms with van der Waals surface area (Å²) in [6.45, 7) is 6.53. The van der Waals surface area contributed by atoms with Gasteiger partial charge in [0.2, 0.25) is 0 Å². The Morgan fingerprint density at radius 1 is 0.933 bits per heavy atom. The number of nitrogens with zero attached hydrogens (tertiary/aromatic N) is 1. The van der Waals surface area contributed by atoms with Crippen LogP contribution in [0.5, 0.6) is 0 Å². The van der Waals surface area contributed by atoms with Gasteiger partial charge in [0.25, 0.3) is 5.91 Å². The highest BCUT2D eigenvalue weighted by molar-refractivity contribution is 5.97. The number of rotatable bonds is 4. The standard InChI is InChI=1S/C26H39N3O/c1-26(2,3)22-15-17-23(18-16-22)28-20-21(19-27)25(30)29-24-13-11-9-7-5-4-6-8-10-12-14-24/h15-18,20,24,28H,4-14H2,1-3H3,(H,29,30)/b21-20-. The fourth-order valence-corrected chi connectivity index (χ4v) is 3.94. The normalized spacial score (nSPS) is 17.9. The zero-order valence-electron chi connectivity index (χ0n) is 19.1. The molecule has 2 N–H and O–H groups in total. The van der Waals surface area contributed by atoms with Gasteiger partial charge >= 0.3 is 0 Å². The molecule has 0 spiro atoms. The van der Waals surface area contributed by atoms with Crippen LogP contribution in [0.25, 0.3) is 0 Å². The van der Waals surface area contributed by atoms with Crippen molar-refractivity contribution in [3.05, 3.63) is 41.6 Å². The number of carbonyl (C=O) groups excluding carboxylic acids is 1.